The quantitative estimate of drug-likeness (QED) is 0.708. The number of carbonyl (C=O) groups excluding carboxylic acids is 1. The number of nitrogens with zero attached hydrogens (tertiary/aromatic N) is 1. The first-order valence-electron chi connectivity index (χ1n) is 7.84. The molecule has 3 atom stereocenters. The lowest BCUT2D eigenvalue weighted by Crippen LogP contribution is -2.58. The van der Waals surface area contributed by atoms with E-state index >= 15 is 0 Å². The van der Waals surface area contributed by atoms with Crippen molar-refractivity contribution in [3.05, 3.63) is 0 Å². The van der Waals surface area contributed by atoms with Gasteiger partial charge in [-0.05, 0) is 37.5 Å². The number of hydrogen-bond donors (Lipinski definition) is 0. The highest BCUT2D eigenvalue weighted by atomic mass is 16.1. The zero-order chi connectivity index (χ0) is 12.8. The monoisotopic (exact) mass is 249 g/mol. The predicted octanol–water partition coefficient (Wildman–Crippen LogP) is 3.54. The van der Waals surface area contributed by atoms with Gasteiger partial charge in [0.1, 0.15) is 5.78 Å². The van der Waals surface area contributed by atoms with Crippen LogP contribution in [0.25, 0.3) is 0 Å². The second-order valence-electron chi connectivity index (χ2n) is 7.55. The second-order valence-corrected chi connectivity index (χ2v) is 7.55. The molecule has 2 heterocycles. The van der Waals surface area contributed by atoms with E-state index < -0.39 is 0 Å². The maximum Gasteiger partial charge on any atom is 0.136 e. The number of rotatable bonds is 1. The Morgan fingerprint density at radius 1 is 1.00 bits per heavy atom. The summed E-state index contributed by atoms with van der Waals surface area (Å²) in [5.41, 5.74) is 0.513. The van der Waals surface area contributed by atoms with Gasteiger partial charge in [0.05, 0.1) is 0 Å². The summed E-state index contributed by atoms with van der Waals surface area (Å²) in [7, 11) is 0. The molecule has 3 rings (SSSR count). The molecule has 2 bridgehead atoms. The van der Waals surface area contributed by atoms with Gasteiger partial charge in [-0.25, -0.2) is 0 Å². The molecule has 3 aliphatic rings. The first kappa shape index (κ1) is 12.7. The number of Topliss-reactive ketones (excluding diaryl/α,β-unsaturated/α-hetero) is 1. The Balaban J connectivity index is 1.76. The number of carbonyl (C=O) groups is 1. The molecule has 1 saturated carbocycles. The molecule has 0 aromatic carbocycles. The van der Waals surface area contributed by atoms with E-state index in [4.69, 9.17) is 0 Å². The highest BCUT2D eigenvalue weighted by Crippen LogP contribution is 2.42. The Hall–Kier alpha value is -0.370. The summed E-state index contributed by atoms with van der Waals surface area (Å²) in [4.78, 5) is 14.6. The maximum atomic E-state index is 11.8. The lowest BCUT2D eigenvalue weighted by molar-refractivity contribution is -0.130. The minimum atomic E-state index is 0.513. The molecule has 0 aromatic heterocycles. The molecule has 3 fully saturated rings. The van der Waals surface area contributed by atoms with Crippen molar-refractivity contribution in [3.63, 3.8) is 0 Å². The van der Waals surface area contributed by atoms with Crippen LogP contribution in [-0.4, -0.2) is 28.8 Å². The molecule has 102 valence electrons. The van der Waals surface area contributed by atoms with Gasteiger partial charge in [0.2, 0.25) is 0 Å². The van der Waals surface area contributed by atoms with Crippen molar-refractivity contribution in [2.75, 3.05) is 0 Å². The molecule has 2 aliphatic heterocycles. The Kier molecular flexibility index (Phi) is 3.25. The van der Waals surface area contributed by atoms with Crippen LogP contribution in [0.5, 0.6) is 0 Å². The summed E-state index contributed by atoms with van der Waals surface area (Å²) >= 11 is 0. The molecule has 0 N–H and O–H groups in total. The van der Waals surface area contributed by atoms with Crippen LogP contribution in [-0.2, 0) is 4.79 Å². The summed E-state index contributed by atoms with van der Waals surface area (Å²) in [5.74, 6) is 0.524. The smallest absolute Gasteiger partial charge is 0.136 e. The molecule has 1 aliphatic carbocycles. The molecular formula is C16H27NO. The molecule has 2 saturated heterocycles. The minimum Gasteiger partial charge on any atom is -0.300 e. The predicted molar refractivity (Wildman–Crippen MR) is 73.5 cm³/mol. The fourth-order valence-electron chi connectivity index (χ4n) is 4.72. The molecule has 3 unspecified atom stereocenters. The van der Waals surface area contributed by atoms with Gasteiger partial charge < -0.3 is 0 Å². The van der Waals surface area contributed by atoms with Gasteiger partial charge in [-0.3, -0.25) is 9.69 Å². The van der Waals surface area contributed by atoms with Crippen LogP contribution in [0, 0.1) is 5.41 Å². The van der Waals surface area contributed by atoms with E-state index in [2.05, 4.69) is 18.7 Å². The van der Waals surface area contributed by atoms with E-state index in [0.717, 1.165) is 18.9 Å². The van der Waals surface area contributed by atoms with Gasteiger partial charge in [0, 0.05) is 31.0 Å². The van der Waals surface area contributed by atoms with Gasteiger partial charge >= 0.3 is 0 Å². The zero-order valence-electron chi connectivity index (χ0n) is 12.0. The third-order valence-corrected chi connectivity index (χ3v) is 5.45. The number of piperidine rings is 2. The first-order chi connectivity index (χ1) is 8.55. The standard InChI is InChI=1S/C16H27NO/c1-16(2)8-4-7-14(11-16)17-12-5-3-6-13(17)10-15(18)9-12/h12-14H,3-11H2,1-2H3. The Bertz CT molecular complexity index is 320. The lowest BCUT2D eigenvalue weighted by Gasteiger charge is -2.52. The summed E-state index contributed by atoms with van der Waals surface area (Å²) in [6.07, 6.45) is 11.0. The van der Waals surface area contributed by atoms with Gasteiger partial charge in [-0.2, -0.15) is 0 Å². The van der Waals surface area contributed by atoms with E-state index in [1.807, 2.05) is 0 Å². The molecule has 18 heavy (non-hydrogen) atoms. The van der Waals surface area contributed by atoms with E-state index in [9.17, 15) is 4.79 Å². The largest absolute Gasteiger partial charge is 0.300 e. The Morgan fingerprint density at radius 3 is 2.22 bits per heavy atom. The normalized spacial score (nSPS) is 40.8. The van der Waals surface area contributed by atoms with Gasteiger partial charge in [-0.1, -0.05) is 26.7 Å². The average molecular weight is 249 g/mol. The fraction of sp³-hybridized carbons (Fsp3) is 0.938. The number of ketones is 1. The van der Waals surface area contributed by atoms with Crippen molar-refractivity contribution in [2.24, 2.45) is 5.41 Å². The van der Waals surface area contributed by atoms with Crippen molar-refractivity contribution in [1.29, 1.82) is 0 Å². The fourth-order valence-corrected chi connectivity index (χ4v) is 4.72. The third-order valence-electron chi connectivity index (χ3n) is 5.45. The summed E-state index contributed by atoms with van der Waals surface area (Å²) in [6.45, 7) is 4.84. The zero-order valence-corrected chi connectivity index (χ0v) is 12.0. The maximum absolute atomic E-state index is 11.8. The Labute approximate surface area is 111 Å². The second kappa shape index (κ2) is 4.63. The van der Waals surface area contributed by atoms with Crippen LogP contribution < -0.4 is 0 Å². The third kappa shape index (κ3) is 2.36. The van der Waals surface area contributed by atoms with E-state index in [1.54, 1.807) is 0 Å². The van der Waals surface area contributed by atoms with E-state index in [-0.39, 0.29) is 0 Å². The van der Waals surface area contributed by atoms with Crippen LogP contribution in [0.1, 0.15) is 71.6 Å². The van der Waals surface area contributed by atoms with Crippen LogP contribution >= 0.6 is 0 Å². The lowest BCUT2D eigenvalue weighted by atomic mass is 9.72. The van der Waals surface area contributed by atoms with Crippen molar-refractivity contribution in [3.8, 4) is 0 Å². The highest BCUT2D eigenvalue weighted by molar-refractivity contribution is 5.80. The molecule has 0 spiro atoms. The van der Waals surface area contributed by atoms with E-state index in [0.29, 0.717) is 23.3 Å². The van der Waals surface area contributed by atoms with Crippen LogP contribution in [0.15, 0.2) is 0 Å². The molecule has 2 nitrogen and oxygen atoms in total. The van der Waals surface area contributed by atoms with Crippen molar-refractivity contribution < 1.29 is 4.79 Å². The van der Waals surface area contributed by atoms with Crippen molar-refractivity contribution in [2.45, 2.75) is 89.8 Å². The molecule has 0 amide bonds. The van der Waals surface area contributed by atoms with Gasteiger partial charge in [-0.15, -0.1) is 0 Å². The number of fused-ring (bicyclic) bond motifs is 2. The summed E-state index contributed by atoms with van der Waals surface area (Å²) in [6, 6.07) is 1.94. The van der Waals surface area contributed by atoms with Crippen LogP contribution in [0.4, 0.5) is 0 Å². The van der Waals surface area contributed by atoms with Gasteiger partial charge in [0.25, 0.3) is 0 Å². The molecule has 2 heteroatoms. The summed E-state index contributed by atoms with van der Waals surface area (Å²) in [5, 5.41) is 0. The van der Waals surface area contributed by atoms with Crippen molar-refractivity contribution >= 4 is 5.78 Å². The SMILES string of the molecule is CC1(C)CCCC(N2C3CCCC2CC(=O)C3)C1. The molecule has 0 radical (unpaired) electrons. The van der Waals surface area contributed by atoms with Crippen LogP contribution in [0.3, 0.4) is 0 Å². The summed E-state index contributed by atoms with van der Waals surface area (Å²) < 4.78 is 0. The average Bonchev–Trinajstić information content (AvgIpc) is 2.26. The Morgan fingerprint density at radius 2 is 1.61 bits per heavy atom. The van der Waals surface area contributed by atoms with Crippen LogP contribution in [0.2, 0.25) is 0 Å². The van der Waals surface area contributed by atoms with Crippen molar-refractivity contribution in [1.82, 2.24) is 4.90 Å². The number of hydrogen-bond acceptors (Lipinski definition) is 2. The van der Waals surface area contributed by atoms with Gasteiger partial charge in [0.15, 0.2) is 0 Å². The molecule has 0 aromatic rings. The first-order valence-corrected chi connectivity index (χ1v) is 7.84. The highest BCUT2D eigenvalue weighted by Gasteiger charge is 2.43. The minimum absolute atomic E-state index is 0.513. The topological polar surface area (TPSA) is 20.3 Å². The molecular weight excluding hydrogens is 222 g/mol. The van der Waals surface area contributed by atoms with E-state index in [1.165, 1.54) is 44.9 Å².